The molecule has 0 unspecified atom stereocenters. The highest BCUT2D eigenvalue weighted by atomic mass is 16.3. The summed E-state index contributed by atoms with van der Waals surface area (Å²) in [4.78, 5) is 11.1. The summed E-state index contributed by atoms with van der Waals surface area (Å²) in [6.07, 6.45) is 9.26. The highest BCUT2D eigenvalue weighted by Gasteiger charge is 2.27. The lowest BCUT2D eigenvalue weighted by Crippen LogP contribution is -2.39. The molecule has 0 saturated carbocycles. The third-order valence-corrected chi connectivity index (χ3v) is 5.58. The molecule has 2 rings (SSSR count). The van der Waals surface area contributed by atoms with Crippen LogP contribution in [-0.2, 0) is 10.8 Å². The number of aliphatic imine (C=N–C) groups is 2. The van der Waals surface area contributed by atoms with Gasteiger partial charge in [-0.05, 0) is 29.4 Å². The first-order valence-corrected chi connectivity index (χ1v) is 11.5. The zero-order valence-electron chi connectivity index (χ0n) is 20.2. The van der Waals surface area contributed by atoms with Crippen molar-refractivity contribution in [3.8, 4) is 5.75 Å². The lowest BCUT2D eigenvalue weighted by molar-refractivity contribution is 0.406. The van der Waals surface area contributed by atoms with E-state index in [9.17, 15) is 5.11 Å². The molecule has 1 aromatic carbocycles. The molecular weight excluding hydrogens is 372 g/mol. The fourth-order valence-corrected chi connectivity index (χ4v) is 3.73. The van der Waals surface area contributed by atoms with E-state index in [0.29, 0.717) is 12.4 Å². The number of hydrogen-bond donors (Lipinski definition) is 2. The van der Waals surface area contributed by atoms with E-state index < -0.39 is 0 Å². The third-order valence-electron chi connectivity index (χ3n) is 5.58. The predicted molar refractivity (Wildman–Crippen MR) is 130 cm³/mol. The Bertz CT molecular complexity index is 718. The highest BCUT2D eigenvalue weighted by molar-refractivity contribution is 5.99. The van der Waals surface area contributed by atoms with E-state index in [1.165, 1.54) is 32.1 Å². The van der Waals surface area contributed by atoms with Gasteiger partial charge in [0, 0.05) is 23.4 Å². The van der Waals surface area contributed by atoms with Crippen molar-refractivity contribution in [2.75, 3.05) is 18.5 Å². The van der Waals surface area contributed by atoms with Crippen LogP contribution in [0.3, 0.4) is 0 Å². The number of phenolic OH excluding ortho intramolecular Hbond substituents is 1. The van der Waals surface area contributed by atoms with Crippen molar-refractivity contribution in [1.82, 2.24) is 4.90 Å². The van der Waals surface area contributed by atoms with Crippen molar-refractivity contribution in [2.24, 2.45) is 9.98 Å². The molecule has 0 aromatic heterocycles. The van der Waals surface area contributed by atoms with Gasteiger partial charge in [-0.1, -0.05) is 80.6 Å². The van der Waals surface area contributed by atoms with E-state index in [1.54, 1.807) is 6.34 Å². The predicted octanol–water partition coefficient (Wildman–Crippen LogP) is 6.42. The molecule has 1 aliphatic rings. The van der Waals surface area contributed by atoms with Gasteiger partial charge in [0.05, 0.1) is 0 Å². The van der Waals surface area contributed by atoms with E-state index >= 15 is 0 Å². The standard InChI is InChI=1S/C25H42N4O/c1-8-9-10-11-12-13-14-29-18-26-17-27-23(29)28-19-15-20(24(2,3)4)22(30)21(16-19)25(5,6)7/h15-17,30H,8-14,18H2,1-7H3,(H,26,27,28). The summed E-state index contributed by atoms with van der Waals surface area (Å²) in [5.74, 6) is 1.24. The Labute approximate surface area is 183 Å². The van der Waals surface area contributed by atoms with E-state index in [0.717, 1.165) is 35.7 Å². The van der Waals surface area contributed by atoms with Gasteiger partial charge in [0.15, 0.2) is 0 Å². The summed E-state index contributed by atoms with van der Waals surface area (Å²) in [6.45, 7) is 16.6. The van der Waals surface area contributed by atoms with Gasteiger partial charge in [-0.2, -0.15) is 0 Å². The van der Waals surface area contributed by atoms with Gasteiger partial charge in [-0.25, -0.2) is 4.99 Å². The summed E-state index contributed by atoms with van der Waals surface area (Å²) in [7, 11) is 0. The van der Waals surface area contributed by atoms with Gasteiger partial charge >= 0.3 is 0 Å². The van der Waals surface area contributed by atoms with Crippen LogP contribution < -0.4 is 5.32 Å². The minimum Gasteiger partial charge on any atom is -0.507 e. The SMILES string of the molecule is CCCCCCCCN1CN=CN=C1Nc1cc(C(C)(C)C)c(O)c(C(C)(C)C)c1. The van der Waals surface area contributed by atoms with Gasteiger partial charge in [-0.3, -0.25) is 4.99 Å². The molecule has 0 amide bonds. The Balaban J connectivity index is 2.18. The smallest absolute Gasteiger partial charge is 0.206 e. The van der Waals surface area contributed by atoms with Crippen molar-refractivity contribution in [3.05, 3.63) is 23.3 Å². The number of rotatable bonds is 8. The monoisotopic (exact) mass is 414 g/mol. The van der Waals surface area contributed by atoms with E-state index in [1.807, 2.05) is 0 Å². The molecule has 0 radical (unpaired) electrons. The van der Waals surface area contributed by atoms with Crippen LogP contribution in [0.1, 0.15) is 98.1 Å². The van der Waals surface area contributed by atoms with Crippen LogP contribution in [0, 0.1) is 0 Å². The maximum Gasteiger partial charge on any atom is 0.206 e. The number of nitrogens with one attached hydrogen (secondary N) is 1. The summed E-state index contributed by atoms with van der Waals surface area (Å²) in [5.41, 5.74) is 2.55. The van der Waals surface area contributed by atoms with Gasteiger partial charge < -0.3 is 15.3 Å². The number of unbranched alkanes of at least 4 members (excludes halogenated alkanes) is 5. The number of phenols is 1. The molecule has 5 nitrogen and oxygen atoms in total. The molecule has 0 fully saturated rings. The average molecular weight is 415 g/mol. The molecular formula is C25H42N4O. The number of aromatic hydroxyl groups is 1. The molecule has 30 heavy (non-hydrogen) atoms. The van der Waals surface area contributed by atoms with Gasteiger partial charge in [0.25, 0.3) is 0 Å². The number of nitrogens with zero attached hydrogens (tertiary/aromatic N) is 3. The normalized spacial score (nSPS) is 14.8. The first-order chi connectivity index (χ1) is 14.0. The van der Waals surface area contributed by atoms with Crippen molar-refractivity contribution in [3.63, 3.8) is 0 Å². The van der Waals surface area contributed by atoms with Crippen molar-refractivity contribution < 1.29 is 5.11 Å². The topological polar surface area (TPSA) is 60.2 Å². The summed E-state index contributed by atoms with van der Waals surface area (Å²) in [5, 5.41) is 14.5. The van der Waals surface area contributed by atoms with Crippen LogP contribution in [0.5, 0.6) is 5.75 Å². The van der Waals surface area contributed by atoms with Crippen LogP contribution in [-0.4, -0.2) is 35.5 Å². The van der Waals surface area contributed by atoms with E-state index in [4.69, 9.17) is 0 Å². The maximum atomic E-state index is 11.0. The summed E-state index contributed by atoms with van der Waals surface area (Å²) >= 11 is 0. The Hall–Kier alpha value is -2.04. The molecule has 0 spiro atoms. The number of guanidine groups is 1. The molecule has 1 heterocycles. The summed E-state index contributed by atoms with van der Waals surface area (Å²) < 4.78 is 0. The van der Waals surface area contributed by atoms with Crippen LogP contribution in [0.2, 0.25) is 0 Å². The molecule has 168 valence electrons. The third kappa shape index (κ3) is 6.75. The van der Waals surface area contributed by atoms with Gasteiger partial charge in [0.1, 0.15) is 18.8 Å². The largest absolute Gasteiger partial charge is 0.507 e. The lowest BCUT2D eigenvalue weighted by atomic mass is 9.79. The second-order valence-corrected chi connectivity index (χ2v) is 10.5. The molecule has 5 heteroatoms. The van der Waals surface area contributed by atoms with Crippen molar-refractivity contribution in [2.45, 2.75) is 97.8 Å². The van der Waals surface area contributed by atoms with Crippen LogP contribution in [0.4, 0.5) is 5.69 Å². The molecule has 0 saturated heterocycles. The second-order valence-electron chi connectivity index (χ2n) is 10.5. The van der Waals surface area contributed by atoms with Gasteiger partial charge in [-0.15, -0.1) is 0 Å². The fraction of sp³-hybridized carbons (Fsp3) is 0.680. The molecule has 1 aliphatic heterocycles. The van der Waals surface area contributed by atoms with Crippen molar-refractivity contribution >= 4 is 18.0 Å². The summed E-state index contributed by atoms with van der Waals surface area (Å²) in [6, 6.07) is 4.11. The van der Waals surface area contributed by atoms with Crippen molar-refractivity contribution in [1.29, 1.82) is 0 Å². The Morgan fingerprint density at radius 1 is 0.933 bits per heavy atom. The lowest BCUT2D eigenvalue weighted by Gasteiger charge is -2.30. The Kier molecular flexibility index (Phi) is 8.34. The highest BCUT2D eigenvalue weighted by Crippen LogP contribution is 2.41. The van der Waals surface area contributed by atoms with Crippen LogP contribution in [0.15, 0.2) is 22.1 Å². The first kappa shape index (κ1) is 24.2. The van der Waals surface area contributed by atoms with Gasteiger partial charge in [0.2, 0.25) is 5.96 Å². The molecule has 0 bridgehead atoms. The zero-order chi connectivity index (χ0) is 22.4. The minimum atomic E-state index is -0.157. The Morgan fingerprint density at radius 2 is 1.50 bits per heavy atom. The Morgan fingerprint density at radius 3 is 2.07 bits per heavy atom. The van der Waals surface area contributed by atoms with E-state index in [-0.39, 0.29) is 10.8 Å². The number of anilines is 1. The minimum absolute atomic E-state index is 0.157. The maximum absolute atomic E-state index is 11.0. The molecule has 1 aromatic rings. The molecule has 0 atom stereocenters. The van der Waals surface area contributed by atoms with Crippen LogP contribution in [0.25, 0.3) is 0 Å². The molecule has 0 aliphatic carbocycles. The molecule has 2 N–H and O–H groups in total. The second kappa shape index (κ2) is 10.3. The number of hydrogen-bond acceptors (Lipinski definition) is 5. The van der Waals surface area contributed by atoms with Crippen LogP contribution >= 0.6 is 0 Å². The number of benzene rings is 1. The first-order valence-electron chi connectivity index (χ1n) is 11.5. The zero-order valence-corrected chi connectivity index (χ0v) is 20.2. The fourth-order valence-electron chi connectivity index (χ4n) is 3.73. The average Bonchev–Trinajstić information content (AvgIpc) is 2.65. The quantitative estimate of drug-likeness (QED) is 0.381. The van der Waals surface area contributed by atoms with E-state index in [2.05, 4.69) is 80.8 Å².